The Hall–Kier alpha value is -3.15. The first-order chi connectivity index (χ1) is 13.4. The molecule has 1 saturated heterocycles. The molecular weight excluding hydrogens is 358 g/mol. The summed E-state index contributed by atoms with van der Waals surface area (Å²) in [4.78, 5) is 38.8. The molecule has 2 unspecified atom stereocenters. The Balaban J connectivity index is 1.62. The van der Waals surface area contributed by atoms with Crippen molar-refractivity contribution in [2.45, 2.75) is 26.4 Å². The number of benzene rings is 2. The van der Waals surface area contributed by atoms with Crippen molar-refractivity contribution < 1.29 is 23.9 Å². The molecule has 6 nitrogen and oxygen atoms in total. The Labute approximate surface area is 164 Å². The van der Waals surface area contributed by atoms with Crippen molar-refractivity contribution in [2.24, 2.45) is 5.92 Å². The van der Waals surface area contributed by atoms with Gasteiger partial charge in [0, 0.05) is 24.2 Å². The summed E-state index contributed by atoms with van der Waals surface area (Å²) in [6.07, 6.45) is -0.837. The molecule has 1 heterocycles. The predicted octanol–water partition coefficient (Wildman–Crippen LogP) is 3.17. The van der Waals surface area contributed by atoms with Gasteiger partial charge < -0.3 is 14.4 Å². The first kappa shape index (κ1) is 19.6. The second kappa shape index (κ2) is 8.25. The minimum atomic E-state index is -0.902. The third kappa shape index (κ3) is 4.22. The molecule has 1 aliphatic heterocycles. The fourth-order valence-corrected chi connectivity index (χ4v) is 3.15. The zero-order valence-electron chi connectivity index (χ0n) is 16.2. The van der Waals surface area contributed by atoms with Crippen LogP contribution in [0.25, 0.3) is 0 Å². The van der Waals surface area contributed by atoms with Crippen LogP contribution < -0.4 is 9.64 Å². The number of Topliss-reactive ketones (excluding diaryl/α,β-unsaturated/α-hetero) is 1. The van der Waals surface area contributed by atoms with Crippen LogP contribution in [-0.4, -0.2) is 37.4 Å². The molecule has 0 saturated carbocycles. The summed E-state index contributed by atoms with van der Waals surface area (Å²) < 4.78 is 10.5. The highest BCUT2D eigenvalue weighted by Gasteiger charge is 2.37. The van der Waals surface area contributed by atoms with Gasteiger partial charge >= 0.3 is 5.97 Å². The molecule has 146 valence electrons. The van der Waals surface area contributed by atoms with Gasteiger partial charge in [-0.05, 0) is 38.1 Å². The Bertz CT molecular complexity index is 873. The Morgan fingerprint density at radius 1 is 1.07 bits per heavy atom. The molecule has 0 N–H and O–H groups in total. The molecule has 1 fully saturated rings. The molecular formula is C22H23NO5. The average molecular weight is 381 g/mol. The molecule has 0 spiro atoms. The van der Waals surface area contributed by atoms with Gasteiger partial charge in [0.15, 0.2) is 6.10 Å². The first-order valence-corrected chi connectivity index (χ1v) is 9.15. The molecule has 0 aromatic heterocycles. The van der Waals surface area contributed by atoms with Gasteiger partial charge in [0.1, 0.15) is 5.75 Å². The van der Waals surface area contributed by atoms with Gasteiger partial charge in [-0.3, -0.25) is 14.4 Å². The number of anilines is 1. The molecule has 3 rings (SSSR count). The van der Waals surface area contributed by atoms with Crippen LogP contribution in [0.4, 0.5) is 5.69 Å². The van der Waals surface area contributed by atoms with E-state index < -0.39 is 18.0 Å². The molecule has 0 aliphatic carbocycles. The van der Waals surface area contributed by atoms with Gasteiger partial charge in [-0.15, -0.1) is 0 Å². The van der Waals surface area contributed by atoms with Crippen molar-refractivity contribution in [2.75, 3.05) is 18.6 Å². The van der Waals surface area contributed by atoms with Crippen molar-refractivity contribution in [1.82, 2.24) is 0 Å². The molecule has 2 aromatic rings. The largest absolute Gasteiger partial charge is 0.497 e. The highest BCUT2D eigenvalue weighted by Crippen LogP contribution is 2.27. The summed E-state index contributed by atoms with van der Waals surface area (Å²) in [5, 5.41) is 0. The Morgan fingerprint density at radius 3 is 2.32 bits per heavy atom. The molecule has 1 aliphatic rings. The smallest absolute Gasteiger partial charge is 0.312 e. The van der Waals surface area contributed by atoms with E-state index in [0.29, 0.717) is 17.0 Å². The summed E-state index contributed by atoms with van der Waals surface area (Å²) in [6, 6.07) is 14.2. The monoisotopic (exact) mass is 381 g/mol. The van der Waals surface area contributed by atoms with Crippen LogP contribution in [0.2, 0.25) is 0 Å². The Kier molecular flexibility index (Phi) is 5.78. The number of methoxy groups -OCH3 is 1. The van der Waals surface area contributed by atoms with Gasteiger partial charge in [-0.2, -0.15) is 0 Å². The van der Waals surface area contributed by atoms with E-state index in [2.05, 4.69) is 0 Å². The normalized spacial score (nSPS) is 17.3. The van der Waals surface area contributed by atoms with Gasteiger partial charge in [-0.1, -0.05) is 29.8 Å². The van der Waals surface area contributed by atoms with E-state index in [4.69, 9.17) is 9.47 Å². The third-order valence-corrected chi connectivity index (χ3v) is 4.84. The van der Waals surface area contributed by atoms with E-state index in [0.717, 1.165) is 5.56 Å². The molecule has 2 aromatic carbocycles. The molecule has 0 bridgehead atoms. The van der Waals surface area contributed by atoms with Gasteiger partial charge in [0.25, 0.3) is 0 Å². The topological polar surface area (TPSA) is 72.9 Å². The molecule has 0 radical (unpaired) electrons. The van der Waals surface area contributed by atoms with E-state index in [1.54, 1.807) is 55.3 Å². The summed E-state index contributed by atoms with van der Waals surface area (Å²) in [5.41, 5.74) is 2.24. The van der Waals surface area contributed by atoms with Crippen molar-refractivity contribution in [1.29, 1.82) is 0 Å². The number of nitrogens with zero attached hydrogens (tertiary/aromatic N) is 1. The third-order valence-electron chi connectivity index (χ3n) is 4.84. The van der Waals surface area contributed by atoms with Gasteiger partial charge in [-0.25, -0.2) is 0 Å². The number of rotatable bonds is 6. The number of hydrogen-bond donors (Lipinski definition) is 0. The van der Waals surface area contributed by atoms with Crippen LogP contribution in [0.3, 0.4) is 0 Å². The predicted molar refractivity (Wildman–Crippen MR) is 105 cm³/mol. The zero-order chi connectivity index (χ0) is 20.3. The fourth-order valence-electron chi connectivity index (χ4n) is 3.15. The maximum absolute atomic E-state index is 12.5. The van der Waals surface area contributed by atoms with Gasteiger partial charge in [0.2, 0.25) is 11.7 Å². The summed E-state index contributed by atoms with van der Waals surface area (Å²) in [5.74, 6) is -0.843. The van der Waals surface area contributed by atoms with E-state index in [-0.39, 0.29) is 24.7 Å². The number of carbonyl (C=O) groups excluding carboxylic acids is 3. The highest BCUT2D eigenvalue weighted by atomic mass is 16.5. The van der Waals surface area contributed by atoms with E-state index in [9.17, 15) is 14.4 Å². The second-order valence-corrected chi connectivity index (χ2v) is 6.91. The number of carbonyl (C=O) groups is 3. The molecule has 1 amide bonds. The molecule has 28 heavy (non-hydrogen) atoms. The van der Waals surface area contributed by atoms with Crippen molar-refractivity contribution >= 4 is 23.3 Å². The van der Waals surface area contributed by atoms with E-state index in [1.807, 2.05) is 19.1 Å². The SMILES string of the molecule is COc1ccc(N2CC(C(=O)OC(C)C(=O)c3ccc(C)cc3)CC2=O)cc1. The second-order valence-electron chi connectivity index (χ2n) is 6.91. The fraction of sp³-hybridized carbons (Fsp3) is 0.318. The minimum Gasteiger partial charge on any atom is -0.497 e. The number of amides is 1. The van der Waals surface area contributed by atoms with Crippen LogP contribution in [0.5, 0.6) is 5.75 Å². The maximum atomic E-state index is 12.5. The van der Waals surface area contributed by atoms with Crippen LogP contribution in [0.1, 0.15) is 29.3 Å². The summed E-state index contributed by atoms with van der Waals surface area (Å²) in [6.45, 7) is 3.72. The van der Waals surface area contributed by atoms with E-state index >= 15 is 0 Å². The average Bonchev–Trinajstić information content (AvgIpc) is 3.10. The lowest BCUT2D eigenvalue weighted by Gasteiger charge is -2.18. The van der Waals surface area contributed by atoms with Crippen molar-refractivity contribution in [3.8, 4) is 5.75 Å². The number of aryl methyl sites for hydroxylation is 1. The molecule has 2 atom stereocenters. The van der Waals surface area contributed by atoms with E-state index in [1.165, 1.54) is 0 Å². The van der Waals surface area contributed by atoms with Crippen molar-refractivity contribution in [3.05, 3.63) is 59.7 Å². The number of hydrogen-bond acceptors (Lipinski definition) is 5. The lowest BCUT2D eigenvalue weighted by atomic mass is 10.1. The number of esters is 1. The standard InChI is InChI=1S/C22H23NO5/c1-14-4-6-16(7-5-14)21(25)15(2)28-22(26)17-12-20(24)23(13-17)18-8-10-19(27-3)11-9-18/h4-11,15,17H,12-13H2,1-3H3. The first-order valence-electron chi connectivity index (χ1n) is 9.15. The van der Waals surface area contributed by atoms with Crippen LogP contribution >= 0.6 is 0 Å². The lowest BCUT2D eigenvalue weighted by molar-refractivity contribution is -0.151. The van der Waals surface area contributed by atoms with Crippen LogP contribution in [0.15, 0.2) is 48.5 Å². The van der Waals surface area contributed by atoms with Crippen molar-refractivity contribution in [3.63, 3.8) is 0 Å². The maximum Gasteiger partial charge on any atom is 0.312 e. The zero-order valence-corrected chi connectivity index (χ0v) is 16.2. The van der Waals surface area contributed by atoms with Crippen LogP contribution in [-0.2, 0) is 14.3 Å². The number of ether oxygens (including phenoxy) is 2. The summed E-state index contributed by atoms with van der Waals surface area (Å²) >= 11 is 0. The Morgan fingerprint density at radius 2 is 1.71 bits per heavy atom. The quantitative estimate of drug-likeness (QED) is 0.568. The summed E-state index contributed by atoms with van der Waals surface area (Å²) in [7, 11) is 1.57. The van der Waals surface area contributed by atoms with Crippen LogP contribution in [0, 0.1) is 12.8 Å². The number of ketones is 1. The minimum absolute atomic E-state index is 0.0658. The molecule has 6 heteroatoms. The lowest BCUT2D eigenvalue weighted by Crippen LogP contribution is -2.30. The highest BCUT2D eigenvalue weighted by molar-refractivity contribution is 6.02. The van der Waals surface area contributed by atoms with Gasteiger partial charge in [0.05, 0.1) is 13.0 Å².